The van der Waals surface area contributed by atoms with Crippen LogP contribution in [-0.2, 0) is 11.2 Å². The van der Waals surface area contributed by atoms with Crippen molar-refractivity contribution < 1.29 is 9.32 Å². The standard InChI is InChI=1S/C13H8BrN3O2/c14-12-10(6-15)17-19-13(12)8-1-3-9-7(5-8)2-4-11(18)16-9/h1,3,5H,2,4H2,(H,16,18). The van der Waals surface area contributed by atoms with E-state index in [0.29, 0.717) is 23.1 Å². The SMILES string of the molecule is N#Cc1noc(-c2ccc3c(c2)CCC(=O)N3)c1Br. The lowest BCUT2D eigenvalue weighted by atomic mass is 9.99. The summed E-state index contributed by atoms with van der Waals surface area (Å²) >= 11 is 3.31. The van der Waals surface area contributed by atoms with Crippen LogP contribution in [0.3, 0.4) is 0 Å². The predicted molar refractivity (Wildman–Crippen MR) is 71.3 cm³/mol. The van der Waals surface area contributed by atoms with E-state index in [9.17, 15) is 4.79 Å². The Morgan fingerprint density at radius 1 is 1.42 bits per heavy atom. The lowest BCUT2D eigenvalue weighted by Gasteiger charge is -2.17. The molecule has 5 nitrogen and oxygen atoms in total. The van der Waals surface area contributed by atoms with Crippen molar-refractivity contribution in [3.63, 3.8) is 0 Å². The highest BCUT2D eigenvalue weighted by atomic mass is 79.9. The van der Waals surface area contributed by atoms with E-state index in [1.165, 1.54) is 0 Å². The quantitative estimate of drug-likeness (QED) is 0.877. The molecular formula is C13H8BrN3O2. The summed E-state index contributed by atoms with van der Waals surface area (Å²) in [5.41, 5.74) is 2.94. The Labute approximate surface area is 117 Å². The molecular weight excluding hydrogens is 310 g/mol. The van der Waals surface area contributed by atoms with Crippen molar-refractivity contribution in [1.29, 1.82) is 5.26 Å². The van der Waals surface area contributed by atoms with Crippen LogP contribution in [0.15, 0.2) is 27.2 Å². The van der Waals surface area contributed by atoms with Crippen molar-refractivity contribution >= 4 is 27.5 Å². The summed E-state index contributed by atoms with van der Waals surface area (Å²) in [6, 6.07) is 7.56. The van der Waals surface area contributed by atoms with Gasteiger partial charge in [0.05, 0.1) is 0 Å². The van der Waals surface area contributed by atoms with Crippen molar-refractivity contribution in [2.75, 3.05) is 5.32 Å². The van der Waals surface area contributed by atoms with Crippen LogP contribution in [0, 0.1) is 11.3 Å². The molecule has 0 aliphatic carbocycles. The van der Waals surface area contributed by atoms with Crippen LogP contribution in [0.25, 0.3) is 11.3 Å². The van der Waals surface area contributed by atoms with E-state index in [1.54, 1.807) is 0 Å². The third-order valence-electron chi connectivity index (χ3n) is 3.00. The number of hydrogen-bond acceptors (Lipinski definition) is 4. The molecule has 2 heterocycles. The summed E-state index contributed by atoms with van der Waals surface area (Å²) in [5.74, 6) is 0.559. The maximum atomic E-state index is 11.3. The number of benzene rings is 1. The molecule has 0 fully saturated rings. The van der Waals surface area contributed by atoms with E-state index in [-0.39, 0.29) is 11.6 Å². The number of nitrogens with zero attached hydrogens (tertiary/aromatic N) is 2. The van der Waals surface area contributed by atoms with Crippen molar-refractivity contribution in [2.24, 2.45) is 0 Å². The van der Waals surface area contributed by atoms with Gasteiger partial charge in [-0.05, 0) is 46.1 Å². The molecule has 0 saturated heterocycles. The van der Waals surface area contributed by atoms with Gasteiger partial charge in [0.15, 0.2) is 11.5 Å². The Hall–Kier alpha value is -2.13. The van der Waals surface area contributed by atoms with Gasteiger partial charge < -0.3 is 9.84 Å². The fourth-order valence-corrected chi connectivity index (χ4v) is 2.51. The minimum atomic E-state index is 0.0351. The molecule has 94 valence electrons. The summed E-state index contributed by atoms with van der Waals surface area (Å²) in [5, 5.41) is 15.4. The Morgan fingerprint density at radius 2 is 2.26 bits per heavy atom. The molecule has 3 rings (SSSR count). The van der Waals surface area contributed by atoms with Crippen LogP contribution in [-0.4, -0.2) is 11.1 Å². The number of halogens is 1. The van der Waals surface area contributed by atoms with Crippen LogP contribution in [0.4, 0.5) is 5.69 Å². The predicted octanol–water partition coefficient (Wildman–Crippen LogP) is 2.86. The average Bonchev–Trinajstić information content (AvgIpc) is 2.79. The molecule has 1 N–H and O–H groups in total. The normalized spacial score (nSPS) is 13.6. The van der Waals surface area contributed by atoms with Crippen molar-refractivity contribution in [3.8, 4) is 17.4 Å². The van der Waals surface area contributed by atoms with Gasteiger partial charge in [-0.25, -0.2) is 0 Å². The second kappa shape index (κ2) is 4.52. The summed E-state index contributed by atoms with van der Waals surface area (Å²) in [4.78, 5) is 11.3. The number of rotatable bonds is 1. The van der Waals surface area contributed by atoms with Gasteiger partial charge in [0, 0.05) is 17.7 Å². The largest absolute Gasteiger partial charge is 0.354 e. The van der Waals surface area contributed by atoms with E-state index in [1.807, 2.05) is 24.3 Å². The Kier molecular flexibility index (Phi) is 2.84. The second-order valence-electron chi connectivity index (χ2n) is 4.21. The van der Waals surface area contributed by atoms with E-state index in [0.717, 1.165) is 16.8 Å². The van der Waals surface area contributed by atoms with Crippen LogP contribution in [0.5, 0.6) is 0 Å². The third-order valence-corrected chi connectivity index (χ3v) is 3.74. The molecule has 0 unspecified atom stereocenters. The van der Waals surface area contributed by atoms with Crippen LogP contribution < -0.4 is 5.32 Å². The molecule has 0 saturated carbocycles. The molecule has 1 amide bonds. The fourth-order valence-electron chi connectivity index (χ4n) is 2.05. The first-order valence-electron chi connectivity index (χ1n) is 5.67. The van der Waals surface area contributed by atoms with Crippen LogP contribution >= 0.6 is 15.9 Å². The third kappa shape index (κ3) is 2.02. The molecule has 19 heavy (non-hydrogen) atoms. The molecule has 1 aromatic carbocycles. The molecule has 0 spiro atoms. The first-order chi connectivity index (χ1) is 9.19. The van der Waals surface area contributed by atoms with Gasteiger partial charge in [0.1, 0.15) is 10.5 Å². The molecule has 0 atom stereocenters. The molecule has 0 bridgehead atoms. The molecule has 1 aliphatic heterocycles. The minimum absolute atomic E-state index is 0.0351. The summed E-state index contributed by atoms with van der Waals surface area (Å²) in [6.45, 7) is 0. The number of carbonyl (C=O) groups excluding carboxylic acids is 1. The van der Waals surface area contributed by atoms with Gasteiger partial charge in [-0.15, -0.1) is 0 Å². The number of nitriles is 1. The Bertz CT molecular complexity index is 715. The van der Waals surface area contributed by atoms with E-state index in [2.05, 4.69) is 26.4 Å². The highest BCUT2D eigenvalue weighted by Gasteiger charge is 2.19. The number of fused-ring (bicyclic) bond motifs is 1. The minimum Gasteiger partial charge on any atom is -0.354 e. The maximum absolute atomic E-state index is 11.3. The molecule has 1 aromatic heterocycles. The van der Waals surface area contributed by atoms with Gasteiger partial charge in [-0.1, -0.05) is 5.16 Å². The number of aromatic nitrogens is 1. The highest BCUT2D eigenvalue weighted by molar-refractivity contribution is 9.10. The Balaban J connectivity index is 2.05. The molecule has 2 aromatic rings. The van der Waals surface area contributed by atoms with Gasteiger partial charge in [-0.2, -0.15) is 5.26 Å². The van der Waals surface area contributed by atoms with E-state index < -0.39 is 0 Å². The molecule has 6 heteroatoms. The van der Waals surface area contributed by atoms with Crippen LogP contribution in [0.1, 0.15) is 17.7 Å². The topological polar surface area (TPSA) is 78.9 Å². The van der Waals surface area contributed by atoms with E-state index >= 15 is 0 Å². The summed E-state index contributed by atoms with van der Waals surface area (Å²) in [7, 11) is 0. The first kappa shape index (κ1) is 11.9. The zero-order chi connectivity index (χ0) is 13.4. The average molecular weight is 318 g/mol. The van der Waals surface area contributed by atoms with Gasteiger partial charge in [-0.3, -0.25) is 4.79 Å². The van der Waals surface area contributed by atoms with Gasteiger partial charge in [0.25, 0.3) is 0 Å². The number of nitrogens with one attached hydrogen (secondary N) is 1. The summed E-state index contributed by atoms with van der Waals surface area (Å²) < 4.78 is 5.73. The molecule has 0 radical (unpaired) electrons. The van der Waals surface area contributed by atoms with E-state index in [4.69, 9.17) is 9.78 Å². The number of amides is 1. The number of carbonyl (C=O) groups is 1. The monoisotopic (exact) mass is 317 g/mol. The zero-order valence-electron chi connectivity index (χ0n) is 9.74. The smallest absolute Gasteiger partial charge is 0.224 e. The van der Waals surface area contributed by atoms with Gasteiger partial charge >= 0.3 is 0 Å². The van der Waals surface area contributed by atoms with Crippen molar-refractivity contribution in [1.82, 2.24) is 5.16 Å². The van der Waals surface area contributed by atoms with Crippen LogP contribution in [0.2, 0.25) is 0 Å². The lowest BCUT2D eigenvalue weighted by Crippen LogP contribution is -2.18. The number of anilines is 1. The number of hydrogen-bond donors (Lipinski definition) is 1. The second-order valence-corrected chi connectivity index (χ2v) is 5.00. The number of aryl methyl sites for hydroxylation is 1. The highest BCUT2D eigenvalue weighted by Crippen LogP contribution is 2.34. The first-order valence-corrected chi connectivity index (χ1v) is 6.47. The zero-order valence-corrected chi connectivity index (χ0v) is 11.3. The maximum Gasteiger partial charge on any atom is 0.224 e. The molecule has 1 aliphatic rings. The Morgan fingerprint density at radius 3 is 3.00 bits per heavy atom. The summed E-state index contributed by atoms with van der Waals surface area (Å²) in [6.07, 6.45) is 1.18. The fraction of sp³-hybridized carbons (Fsp3) is 0.154. The van der Waals surface area contributed by atoms with Gasteiger partial charge in [0.2, 0.25) is 5.91 Å². The van der Waals surface area contributed by atoms with Crippen molar-refractivity contribution in [2.45, 2.75) is 12.8 Å². The lowest BCUT2D eigenvalue weighted by molar-refractivity contribution is -0.116. The van der Waals surface area contributed by atoms with Crippen molar-refractivity contribution in [3.05, 3.63) is 33.9 Å².